The highest BCUT2D eigenvalue weighted by atomic mass is 32.2. The number of fused-ring (bicyclic) bond motifs is 1. The second-order valence-electron chi connectivity index (χ2n) is 6.36. The summed E-state index contributed by atoms with van der Waals surface area (Å²) in [7, 11) is 1.63. The number of nitrogens with zero attached hydrogens (tertiary/aromatic N) is 3. The molecule has 1 unspecified atom stereocenters. The van der Waals surface area contributed by atoms with Gasteiger partial charge in [-0.1, -0.05) is 47.4 Å². The summed E-state index contributed by atoms with van der Waals surface area (Å²) in [4.78, 5) is 14.8. The van der Waals surface area contributed by atoms with Gasteiger partial charge in [-0.05, 0) is 37.1 Å². The molecule has 1 atom stereocenters. The van der Waals surface area contributed by atoms with Gasteiger partial charge < -0.3 is 15.0 Å². The Hall–Kier alpha value is -2.58. The Morgan fingerprint density at radius 3 is 2.96 bits per heavy atom. The zero-order valence-corrected chi connectivity index (χ0v) is 17.2. The van der Waals surface area contributed by atoms with E-state index in [4.69, 9.17) is 4.74 Å². The highest BCUT2D eigenvalue weighted by Crippen LogP contribution is 2.34. The molecule has 6 nitrogen and oxygen atoms in total. The van der Waals surface area contributed by atoms with E-state index in [1.165, 1.54) is 28.7 Å². The van der Waals surface area contributed by atoms with Gasteiger partial charge in [-0.15, -0.1) is 10.2 Å². The maximum absolute atomic E-state index is 12.9. The lowest BCUT2D eigenvalue weighted by atomic mass is 10.2. The molecule has 3 aromatic rings. The zero-order valence-electron chi connectivity index (χ0n) is 15.6. The van der Waals surface area contributed by atoms with Gasteiger partial charge in [0.2, 0.25) is 11.0 Å². The molecule has 1 aromatic heterocycles. The van der Waals surface area contributed by atoms with Gasteiger partial charge in [-0.3, -0.25) is 4.79 Å². The lowest BCUT2D eigenvalue weighted by Gasteiger charge is -2.20. The van der Waals surface area contributed by atoms with Gasteiger partial charge in [-0.25, -0.2) is 0 Å². The molecule has 1 aliphatic rings. The van der Waals surface area contributed by atoms with Gasteiger partial charge >= 0.3 is 0 Å². The molecule has 28 heavy (non-hydrogen) atoms. The number of thioether (sulfide) groups is 1. The van der Waals surface area contributed by atoms with Crippen LogP contribution in [0, 0.1) is 0 Å². The first kappa shape index (κ1) is 18.8. The molecule has 0 saturated carbocycles. The Balaban J connectivity index is 1.40. The largest absolute Gasteiger partial charge is 0.497 e. The fourth-order valence-corrected chi connectivity index (χ4v) is 5.10. The molecule has 0 radical (unpaired) electrons. The minimum atomic E-state index is -0.233. The van der Waals surface area contributed by atoms with Crippen molar-refractivity contribution in [1.82, 2.24) is 10.2 Å². The zero-order chi connectivity index (χ0) is 19.5. The fourth-order valence-electron chi connectivity index (χ4n) is 3.12. The topological polar surface area (TPSA) is 67.3 Å². The minimum Gasteiger partial charge on any atom is -0.497 e. The first-order valence-electron chi connectivity index (χ1n) is 8.94. The van der Waals surface area contributed by atoms with Gasteiger partial charge in [0, 0.05) is 24.0 Å². The van der Waals surface area contributed by atoms with Crippen LogP contribution < -0.4 is 15.0 Å². The second kappa shape index (κ2) is 8.20. The molecule has 1 aliphatic heterocycles. The third-order valence-corrected chi connectivity index (χ3v) is 6.52. The molecule has 0 bridgehead atoms. The SMILES string of the molecule is COc1cccc(Nc2nnc(SC(C)C(=O)N3CCc4ccccc43)s2)c1. The monoisotopic (exact) mass is 412 g/mol. The summed E-state index contributed by atoms with van der Waals surface area (Å²) in [5.41, 5.74) is 3.14. The fraction of sp³-hybridized carbons (Fsp3) is 0.250. The van der Waals surface area contributed by atoms with E-state index in [2.05, 4.69) is 21.6 Å². The van der Waals surface area contributed by atoms with Crippen LogP contribution in [0.5, 0.6) is 5.75 Å². The van der Waals surface area contributed by atoms with Crippen molar-refractivity contribution in [1.29, 1.82) is 0 Å². The van der Waals surface area contributed by atoms with E-state index in [0.29, 0.717) is 5.13 Å². The maximum atomic E-state index is 12.9. The summed E-state index contributed by atoms with van der Waals surface area (Å²) < 4.78 is 5.99. The third kappa shape index (κ3) is 3.98. The van der Waals surface area contributed by atoms with E-state index in [-0.39, 0.29) is 11.2 Å². The van der Waals surface area contributed by atoms with Crippen LogP contribution in [0.15, 0.2) is 52.9 Å². The van der Waals surface area contributed by atoms with Crippen LogP contribution in [-0.2, 0) is 11.2 Å². The van der Waals surface area contributed by atoms with Crippen molar-refractivity contribution in [2.45, 2.75) is 22.9 Å². The van der Waals surface area contributed by atoms with Crippen molar-refractivity contribution in [3.05, 3.63) is 54.1 Å². The van der Waals surface area contributed by atoms with Gasteiger partial charge in [0.05, 0.1) is 12.4 Å². The average molecular weight is 413 g/mol. The van der Waals surface area contributed by atoms with Crippen LogP contribution in [0.2, 0.25) is 0 Å². The van der Waals surface area contributed by atoms with Crippen molar-refractivity contribution in [2.75, 3.05) is 23.9 Å². The molecular formula is C20H20N4O2S2. The van der Waals surface area contributed by atoms with Crippen LogP contribution in [-0.4, -0.2) is 35.0 Å². The van der Waals surface area contributed by atoms with Crippen LogP contribution in [0.4, 0.5) is 16.5 Å². The molecule has 4 rings (SSSR count). The van der Waals surface area contributed by atoms with E-state index in [1.54, 1.807) is 7.11 Å². The lowest BCUT2D eigenvalue weighted by molar-refractivity contribution is -0.117. The molecule has 0 spiro atoms. The third-order valence-electron chi connectivity index (χ3n) is 4.51. The first-order valence-corrected chi connectivity index (χ1v) is 10.6. The van der Waals surface area contributed by atoms with E-state index in [0.717, 1.165) is 34.4 Å². The Bertz CT molecular complexity index is 992. The number of hydrogen-bond donors (Lipinski definition) is 1. The van der Waals surface area contributed by atoms with Crippen molar-refractivity contribution < 1.29 is 9.53 Å². The summed E-state index contributed by atoms with van der Waals surface area (Å²) in [6.45, 7) is 2.66. The predicted molar refractivity (Wildman–Crippen MR) is 114 cm³/mol. The minimum absolute atomic E-state index is 0.104. The predicted octanol–water partition coefficient (Wildman–Crippen LogP) is 4.36. The Morgan fingerprint density at radius 1 is 1.25 bits per heavy atom. The molecule has 2 aromatic carbocycles. The number of hydrogen-bond acceptors (Lipinski definition) is 7. The Labute approximate surface area is 171 Å². The van der Waals surface area contributed by atoms with Gasteiger partial charge in [0.25, 0.3) is 0 Å². The molecule has 8 heteroatoms. The highest BCUT2D eigenvalue weighted by molar-refractivity contribution is 8.02. The van der Waals surface area contributed by atoms with E-state index in [1.807, 2.05) is 54.3 Å². The number of methoxy groups -OCH3 is 1. The first-order chi connectivity index (χ1) is 13.6. The normalized spacial score (nSPS) is 13.9. The van der Waals surface area contributed by atoms with Crippen molar-refractivity contribution in [2.24, 2.45) is 0 Å². The van der Waals surface area contributed by atoms with E-state index < -0.39 is 0 Å². The Kier molecular flexibility index (Phi) is 5.50. The van der Waals surface area contributed by atoms with Crippen LogP contribution >= 0.6 is 23.1 Å². The maximum Gasteiger partial charge on any atom is 0.240 e. The molecule has 1 amide bonds. The van der Waals surface area contributed by atoms with E-state index in [9.17, 15) is 4.79 Å². The average Bonchev–Trinajstić information content (AvgIpc) is 3.34. The van der Waals surface area contributed by atoms with Crippen LogP contribution in [0.1, 0.15) is 12.5 Å². The van der Waals surface area contributed by atoms with Crippen LogP contribution in [0.3, 0.4) is 0 Å². The molecule has 0 fully saturated rings. The summed E-state index contributed by atoms with van der Waals surface area (Å²) in [6, 6.07) is 15.7. The summed E-state index contributed by atoms with van der Waals surface area (Å²) >= 11 is 2.87. The van der Waals surface area contributed by atoms with E-state index >= 15 is 0 Å². The number of amides is 1. The number of aromatic nitrogens is 2. The summed E-state index contributed by atoms with van der Waals surface area (Å²) in [5.74, 6) is 0.877. The van der Waals surface area contributed by atoms with Gasteiger partial charge in [-0.2, -0.15) is 0 Å². The number of ether oxygens (including phenoxy) is 1. The quantitative estimate of drug-likeness (QED) is 0.607. The Morgan fingerprint density at radius 2 is 2.11 bits per heavy atom. The molecule has 0 saturated heterocycles. The summed E-state index contributed by atoms with van der Waals surface area (Å²) in [5, 5.41) is 12.1. The number of anilines is 3. The smallest absolute Gasteiger partial charge is 0.240 e. The van der Waals surface area contributed by atoms with Gasteiger partial charge in [0.15, 0.2) is 4.34 Å². The molecule has 144 valence electrons. The van der Waals surface area contributed by atoms with Crippen molar-refractivity contribution in [3.8, 4) is 5.75 Å². The van der Waals surface area contributed by atoms with Crippen molar-refractivity contribution in [3.63, 3.8) is 0 Å². The van der Waals surface area contributed by atoms with Gasteiger partial charge in [0.1, 0.15) is 5.75 Å². The number of para-hydroxylation sites is 1. The number of benzene rings is 2. The standard InChI is InChI=1S/C20H20N4O2S2/c1-13(18(25)24-11-10-14-6-3-4-9-17(14)24)27-20-23-22-19(28-20)21-15-7-5-8-16(12-15)26-2/h3-9,12-13H,10-11H2,1-2H3,(H,21,22). The number of nitrogens with one attached hydrogen (secondary N) is 1. The lowest BCUT2D eigenvalue weighted by Crippen LogP contribution is -2.35. The molecular weight excluding hydrogens is 392 g/mol. The van der Waals surface area contributed by atoms with Crippen molar-refractivity contribution >= 4 is 45.5 Å². The number of rotatable bonds is 6. The van der Waals surface area contributed by atoms with Crippen LogP contribution in [0.25, 0.3) is 0 Å². The molecule has 1 N–H and O–H groups in total. The summed E-state index contributed by atoms with van der Waals surface area (Å²) in [6.07, 6.45) is 0.909. The second-order valence-corrected chi connectivity index (χ2v) is 8.92. The number of carbonyl (C=O) groups excluding carboxylic acids is 1. The molecule has 0 aliphatic carbocycles. The molecule has 2 heterocycles. The highest BCUT2D eigenvalue weighted by Gasteiger charge is 2.28. The number of carbonyl (C=O) groups is 1.